The maximum atomic E-state index is 12.9. The molecule has 1 aromatic heterocycles. The van der Waals surface area contributed by atoms with Crippen LogP contribution in [0.25, 0.3) is 23.0 Å². The molecule has 5 rings (SSSR count). The first kappa shape index (κ1) is 22.6. The van der Waals surface area contributed by atoms with Crippen LogP contribution in [0.2, 0.25) is 0 Å². The van der Waals surface area contributed by atoms with Crippen molar-refractivity contribution in [3.63, 3.8) is 0 Å². The number of carbonyl (C=O) groups is 1. The molecule has 0 saturated carbocycles. The lowest BCUT2D eigenvalue weighted by Gasteiger charge is -2.35. The lowest BCUT2D eigenvalue weighted by Crippen LogP contribution is -2.47. The number of rotatable bonds is 3. The quantitative estimate of drug-likeness (QED) is 0.488. The Morgan fingerprint density at radius 3 is 2.53 bits per heavy atom. The number of ether oxygens (including phenoxy) is 1. The average Bonchev–Trinajstić information content (AvgIpc) is 3.39. The zero-order valence-corrected chi connectivity index (χ0v) is 20.7. The van der Waals surface area contributed by atoms with Crippen LogP contribution >= 0.6 is 11.8 Å². The smallest absolute Gasteiger partial charge is 0.286 e. The number of aromatic nitrogens is 2. The molecule has 7 heteroatoms. The molecule has 174 valence electrons. The Morgan fingerprint density at radius 1 is 1.06 bits per heavy atom. The van der Waals surface area contributed by atoms with Crippen molar-refractivity contribution >= 4 is 28.9 Å². The van der Waals surface area contributed by atoms with Crippen LogP contribution in [0.3, 0.4) is 0 Å². The molecule has 2 atom stereocenters. The van der Waals surface area contributed by atoms with E-state index in [4.69, 9.17) is 9.84 Å². The van der Waals surface area contributed by atoms with E-state index in [2.05, 4.69) is 55.8 Å². The Hall–Kier alpha value is -3.16. The maximum Gasteiger partial charge on any atom is 0.286 e. The predicted octanol–water partition coefficient (Wildman–Crippen LogP) is 5.24. The molecule has 2 aromatic carbocycles. The number of para-hydroxylation sites is 1. The molecule has 0 N–H and O–H groups in total. The number of benzene rings is 2. The van der Waals surface area contributed by atoms with Crippen LogP contribution in [-0.2, 0) is 9.53 Å². The van der Waals surface area contributed by atoms with Crippen molar-refractivity contribution in [1.29, 1.82) is 0 Å². The monoisotopic (exact) mass is 472 g/mol. The van der Waals surface area contributed by atoms with E-state index in [1.165, 1.54) is 17.3 Å². The van der Waals surface area contributed by atoms with Gasteiger partial charge in [-0.1, -0.05) is 35.9 Å². The van der Waals surface area contributed by atoms with E-state index in [0.29, 0.717) is 4.91 Å². The number of hydrogen-bond donors (Lipinski definition) is 0. The molecule has 0 aliphatic carbocycles. The zero-order valence-electron chi connectivity index (χ0n) is 19.9. The lowest BCUT2D eigenvalue weighted by atomic mass is 10.0. The number of amidine groups is 1. The van der Waals surface area contributed by atoms with Gasteiger partial charge in [0.2, 0.25) is 0 Å². The number of thioether (sulfide) groups is 1. The minimum absolute atomic E-state index is 0.107. The number of carbonyl (C=O) groups excluding carboxylic acids is 1. The van der Waals surface area contributed by atoms with Gasteiger partial charge in [-0.15, -0.1) is 0 Å². The first-order valence-corrected chi connectivity index (χ1v) is 12.3. The summed E-state index contributed by atoms with van der Waals surface area (Å²) in [5.74, 6) is -0.203. The second kappa shape index (κ2) is 9.24. The molecule has 2 aliphatic rings. The van der Waals surface area contributed by atoms with Gasteiger partial charge in [-0.25, -0.2) is 4.68 Å². The number of aliphatic imine (C=N–C) groups is 1. The van der Waals surface area contributed by atoms with Gasteiger partial charge in [0.15, 0.2) is 5.17 Å². The Labute approximate surface area is 204 Å². The summed E-state index contributed by atoms with van der Waals surface area (Å²) < 4.78 is 7.71. The number of morpholine rings is 1. The SMILES string of the molecule is Cc1ccc(C)c(-c2nn(-c3ccccc3)cc2/C=C2\SC(N3C[C@@H](C)O[C@H](C)C3)=NC2=O)c1. The maximum absolute atomic E-state index is 12.9. The summed E-state index contributed by atoms with van der Waals surface area (Å²) in [5.41, 5.74) is 6.09. The van der Waals surface area contributed by atoms with Crippen LogP contribution < -0.4 is 0 Å². The van der Waals surface area contributed by atoms with Crippen molar-refractivity contribution < 1.29 is 9.53 Å². The molecule has 0 radical (unpaired) electrons. The van der Waals surface area contributed by atoms with Crippen LogP contribution in [0.1, 0.15) is 30.5 Å². The van der Waals surface area contributed by atoms with E-state index in [9.17, 15) is 4.79 Å². The van der Waals surface area contributed by atoms with Gasteiger partial charge in [0.25, 0.3) is 5.91 Å². The molecular formula is C27H28N4O2S. The number of nitrogens with zero attached hydrogens (tertiary/aromatic N) is 4. The van der Waals surface area contributed by atoms with Crippen molar-refractivity contribution in [2.45, 2.75) is 39.9 Å². The second-order valence-corrected chi connectivity index (χ2v) is 10.0. The molecule has 0 unspecified atom stereocenters. The summed E-state index contributed by atoms with van der Waals surface area (Å²) in [4.78, 5) is 20.0. The Bertz CT molecular complexity index is 1290. The summed E-state index contributed by atoms with van der Waals surface area (Å²) in [5, 5.41) is 5.69. The first-order chi connectivity index (χ1) is 16.4. The number of amides is 1. The molecule has 1 saturated heterocycles. The summed E-state index contributed by atoms with van der Waals surface area (Å²) in [7, 11) is 0. The molecular weight excluding hydrogens is 444 g/mol. The molecule has 0 spiro atoms. The molecule has 3 aromatic rings. The largest absolute Gasteiger partial charge is 0.372 e. The van der Waals surface area contributed by atoms with E-state index < -0.39 is 0 Å². The van der Waals surface area contributed by atoms with Crippen LogP contribution in [0.5, 0.6) is 0 Å². The van der Waals surface area contributed by atoms with E-state index >= 15 is 0 Å². The van der Waals surface area contributed by atoms with Gasteiger partial charge in [-0.2, -0.15) is 10.1 Å². The Balaban J connectivity index is 1.52. The van der Waals surface area contributed by atoms with Gasteiger partial charge >= 0.3 is 0 Å². The van der Waals surface area contributed by atoms with E-state index in [1.54, 1.807) is 0 Å². The summed E-state index contributed by atoms with van der Waals surface area (Å²) in [6.07, 6.45) is 4.13. The third kappa shape index (κ3) is 4.58. The Morgan fingerprint density at radius 2 is 1.79 bits per heavy atom. The molecule has 2 aliphatic heterocycles. The summed E-state index contributed by atoms with van der Waals surface area (Å²) in [6, 6.07) is 16.4. The van der Waals surface area contributed by atoms with E-state index in [1.807, 2.05) is 47.3 Å². The normalized spacial score (nSPS) is 21.9. The minimum Gasteiger partial charge on any atom is -0.372 e. The average molecular weight is 473 g/mol. The topological polar surface area (TPSA) is 59.7 Å². The molecule has 3 heterocycles. The van der Waals surface area contributed by atoms with Gasteiger partial charge in [0.1, 0.15) is 5.69 Å². The van der Waals surface area contributed by atoms with Crippen LogP contribution in [0.4, 0.5) is 0 Å². The highest BCUT2D eigenvalue weighted by Crippen LogP contribution is 2.35. The van der Waals surface area contributed by atoms with Gasteiger partial charge in [-0.05, 0) is 69.3 Å². The van der Waals surface area contributed by atoms with Crippen molar-refractivity contribution in [3.05, 3.63) is 76.3 Å². The molecule has 1 amide bonds. The molecule has 34 heavy (non-hydrogen) atoms. The van der Waals surface area contributed by atoms with E-state index in [0.717, 1.165) is 46.3 Å². The van der Waals surface area contributed by atoms with Crippen molar-refractivity contribution in [3.8, 4) is 16.9 Å². The minimum atomic E-state index is -0.203. The zero-order chi connectivity index (χ0) is 23.8. The molecule has 0 bridgehead atoms. The third-order valence-corrected chi connectivity index (χ3v) is 7.04. The fourth-order valence-corrected chi connectivity index (χ4v) is 5.34. The van der Waals surface area contributed by atoms with Gasteiger partial charge in [0.05, 0.1) is 22.8 Å². The van der Waals surface area contributed by atoms with Crippen LogP contribution in [0, 0.1) is 13.8 Å². The standard InChI is InChI=1S/C27H28N4O2S/c1-17-10-11-18(2)23(12-17)25-21(16-31(29-25)22-8-6-5-7-9-22)13-24-26(32)28-27(34-24)30-14-19(3)33-20(4)15-30/h5-13,16,19-20H,14-15H2,1-4H3/b24-13-/t19-,20-/m1/s1. The molecule has 1 fully saturated rings. The number of hydrogen-bond acceptors (Lipinski definition) is 5. The van der Waals surface area contributed by atoms with Crippen LogP contribution in [0.15, 0.2) is 64.6 Å². The fraction of sp³-hybridized carbons (Fsp3) is 0.296. The lowest BCUT2D eigenvalue weighted by molar-refractivity contribution is -0.113. The second-order valence-electron chi connectivity index (χ2n) is 9.00. The van der Waals surface area contributed by atoms with Crippen molar-refractivity contribution in [2.24, 2.45) is 4.99 Å². The van der Waals surface area contributed by atoms with Gasteiger partial charge in [0, 0.05) is 30.4 Å². The van der Waals surface area contributed by atoms with E-state index in [-0.39, 0.29) is 18.1 Å². The number of aryl methyl sites for hydroxylation is 2. The van der Waals surface area contributed by atoms with Gasteiger partial charge < -0.3 is 9.64 Å². The first-order valence-electron chi connectivity index (χ1n) is 11.5. The third-order valence-electron chi connectivity index (χ3n) is 6.00. The van der Waals surface area contributed by atoms with Gasteiger partial charge in [-0.3, -0.25) is 4.79 Å². The van der Waals surface area contributed by atoms with Crippen LogP contribution in [-0.4, -0.2) is 51.1 Å². The predicted molar refractivity (Wildman–Crippen MR) is 138 cm³/mol. The molecule has 6 nitrogen and oxygen atoms in total. The Kier molecular flexibility index (Phi) is 6.15. The summed E-state index contributed by atoms with van der Waals surface area (Å²) >= 11 is 1.44. The van der Waals surface area contributed by atoms with Crippen molar-refractivity contribution in [1.82, 2.24) is 14.7 Å². The highest BCUT2D eigenvalue weighted by molar-refractivity contribution is 8.18. The highest BCUT2D eigenvalue weighted by atomic mass is 32.2. The highest BCUT2D eigenvalue weighted by Gasteiger charge is 2.31. The fourth-order valence-electron chi connectivity index (χ4n) is 4.41. The van der Waals surface area contributed by atoms with Crippen molar-refractivity contribution in [2.75, 3.05) is 13.1 Å². The summed E-state index contributed by atoms with van der Waals surface area (Å²) in [6.45, 7) is 9.74.